The molecule has 0 atom stereocenters. The zero-order valence-corrected chi connectivity index (χ0v) is 17.1. The maximum absolute atomic E-state index is 12.2. The summed E-state index contributed by atoms with van der Waals surface area (Å²) >= 11 is 1.32. The average molecular weight is 407 g/mol. The largest absolute Gasteiger partial charge is 0.326 e. The summed E-state index contributed by atoms with van der Waals surface area (Å²) in [5, 5.41) is 14.7. The monoisotopic (exact) mass is 406 g/mol. The molecule has 1 heterocycles. The number of carbonyl (C=O) groups excluding carboxylic acids is 2. The summed E-state index contributed by atoms with van der Waals surface area (Å²) in [6.07, 6.45) is 1.00. The first-order valence-electron chi connectivity index (χ1n) is 9.27. The highest BCUT2D eigenvalue weighted by Crippen LogP contribution is 2.21. The second kappa shape index (κ2) is 9.84. The van der Waals surface area contributed by atoms with Gasteiger partial charge in [-0.1, -0.05) is 49.0 Å². The Morgan fingerprint density at radius 3 is 2.28 bits per heavy atom. The number of nitrogens with one attached hydrogen (secondary N) is 2. The predicted molar refractivity (Wildman–Crippen MR) is 117 cm³/mol. The first kappa shape index (κ1) is 20.5. The van der Waals surface area contributed by atoms with E-state index in [0.29, 0.717) is 16.4 Å². The number of nitrogens with zero attached hydrogens (tertiary/aromatic N) is 2. The summed E-state index contributed by atoms with van der Waals surface area (Å²) in [6.45, 7) is 3.56. The van der Waals surface area contributed by atoms with E-state index in [1.807, 2.05) is 24.3 Å². The third-order valence-corrected chi connectivity index (χ3v) is 5.04. The van der Waals surface area contributed by atoms with Crippen molar-refractivity contribution in [3.8, 4) is 11.3 Å². The van der Waals surface area contributed by atoms with E-state index >= 15 is 0 Å². The maximum Gasteiger partial charge on any atom is 0.234 e. The summed E-state index contributed by atoms with van der Waals surface area (Å²) < 4.78 is 0. The van der Waals surface area contributed by atoms with E-state index in [-0.39, 0.29) is 17.6 Å². The molecule has 1 aromatic heterocycles. The third-order valence-electron chi connectivity index (χ3n) is 4.12. The summed E-state index contributed by atoms with van der Waals surface area (Å²) in [5.41, 5.74) is 4.36. The van der Waals surface area contributed by atoms with Crippen molar-refractivity contribution in [2.45, 2.75) is 25.3 Å². The molecule has 2 aromatic carbocycles. The van der Waals surface area contributed by atoms with Gasteiger partial charge in [-0.3, -0.25) is 9.59 Å². The zero-order valence-electron chi connectivity index (χ0n) is 16.3. The molecule has 0 radical (unpaired) electrons. The van der Waals surface area contributed by atoms with Crippen LogP contribution in [0.4, 0.5) is 11.4 Å². The molecule has 0 saturated carbocycles. The lowest BCUT2D eigenvalue weighted by Gasteiger charge is -2.08. The topological polar surface area (TPSA) is 84.0 Å². The van der Waals surface area contributed by atoms with Gasteiger partial charge in [-0.25, -0.2) is 0 Å². The predicted octanol–water partition coefficient (Wildman–Crippen LogP) is 4.40. The van der Waals surface area contributed by atoms with Gasteiger partial charge < -0.3 is 10.6 Å². The van der Waals surface area contributed by atoms with Crippen molar-refractivity contribution in [1.29, 1.82) is 0 Å². The highest BCUT2D eigenvalue weighted by atomic mass is 32.2. The molecule has 2 N–H and O–H groups in total. The van der Waals surface area contributed by atoms with Crippen molar-refractivity contribution in [1.82, 2.24) is 10.2 Å². The van der Waals surface area contributed by atoms with Gasteiger partial charge in [0.1, 0.15) is 5.03 Å². The number of aryl methyl sites for hydroxylation is 1. The van der Waals surface area contributed by atoms with Crippen molar-refractivity contribution < 1.29 is 9.59 Å². The fourth-order valence-corrected chi connectivity index (χ4v) is 3.29. The number of hydrogen-bond acceptors (Lipinski definition) is 5. The van der Waals surface area contributed by atoms with Crippen molar-refractivity contribution in [2.75, 3.05) is 16.4 Å². The molecule has 0 aliphatic rings. The second-order valence-corrected chi connectivity index (χ2v) is 7.40. The van der Waals surface area contributed by atoms with Crippen LogP contribution in [-0.2, 0) is 16.0 Å². The third kappa shape index (κ3) is 6.15. The molecule has 3 aromatic rings. The molecule has 0 bridgehead atoms. The van der Waals surface area contributed by atoms with Crippen LogP contribution in [0, 0.1) is 0 Å². The molecule has 0 saturated heterocycles. The fourth-order valence-electron chi connectivity index (χ4n) is 2.68. The van der Waals surface area contributed by atoms with Gasteiger partial charge in [-0.15, -0.1) is 10.2 Å². The van der Waals surface area contributed by atoms with Gasteiger partial charge in [0.2, 0.25) is 11.8 Å². The van der Waals surface area contributed by atoms with E-state index in [2.05, 4.69) is 39.9 Å². The summed E-state index contributed by atoms with van der Waals surface area (Å²) in [6, 6.07) is 19.0. The summed E-state index contributed by atoms with van der Waals surface area (Å²) in [5.74, 6) is -0.104. The zero-order chi connectivity index (χ0) is 20.6. The van der Waals surface area contributed by atoms with Gasteiger partial charge >= 0.3 is 0 Å². The smallest absolute Gasteiger partial charge is 0.234 e. The number of carbonyl (C=O) groups is 2. The molecule has 148 valence electrons. The average Bonchev–Trinajstić information content (AvgIpc) is 2.72. The van der Waals surface area contributed by atoms with E-state index in [9.17, 15) is 9.59 Å². The van der Waals surface area contributed by atoms with E-state index in [0.717, 1.165) is 17.7 Å². The van der Waals surface area contributed by atoms with Crippen LogP contribution in [0.3, 0.4) is 0 Å². The van der Waals surface area contributed by atoms with Gasteiger partial charge in [-0.2, -0.15) is 0 Å². The number of amides is 2. The molecule has 3 rings (SSSR count). The highest BCUT2D eigenvalue weighted by molar-refractivity contribution is 7.99. The normalized spacial score (nSPS) is 10.4. The van der Waals surface area contributed by atoms with Crippen LogP contribution in [0.5, 0.6) is 0 Å². The van der Waals surface area contributed by atoms with Gasteiger partial charge in [0.15, 0.2) is 0 Å². The molecule has 0 unspecified atom stereocenters. The van der Waals surface area contributed by atoms with Crippen LogP contribution in [0.1, 0.15) is 19.4 Å². The van der Waals surface area contributed by atoms with E-state index in [1.165, 1.54) is 24.2 Å². The number of thioether (sulfide) groups is 1. The molecular weight excluding hydrogens is 384 g/mol. The Bertz CT molecular complexity index is 988. The Morgan fingerprint density at radius 1 is 0.931 bits per heavy atom. The van der Waals surface area contributed by atoms with Crippen LogP contribution in [0.15, 0.2) is 65.7 Å². The molecule has 29 heavy (non-hydrogen) atoms. The number of hydrogen-bond donors (Lipinski definition) is 2. The van der Waals surface area contributed by atoms with E-state index < -0.39 is 0 Å². The summed E-state index contributed by atoms with van der Waals surface area (Å²) in [4.78, 5) is 23.3. The molecule has 0 aliphatic carbocycles. The van der Waals surface area contributed by atoms with Crippen LogP contribution < -0.4 is 10.6 Å². The van der Waals surface area contributed by atoms with Crippen molar-refractivity contribution >= 4 is 35.0 Å². The molecule has 0 aliphatic heterocycles. The van der Waals surface area contributed by atoms with Crippen molar-refractivity contribution in [2.24, 2.45) is 0 Å². The van der Waals surface area contributed by atoms with E-state index in [1.54, 1.807) is 24.3 Å². The number of benzene rings is 2. The second-order valence-electron chi connectivity index (χ2n) is 6.41. The van der Waals surface area contributed by atoms with Crippen LogP contribution in [-0.4, -0.2) is 27.8 Å². The lowest BCUT2D eigenvalue weighted by Crippen LogP contribution is -2.14. The standard InChI is InChI=1S/C22H22N4O2S/c1-3-16-7-9-17(10-8-16)20-11-12-22(26-25-20)29-14-21(28)24-19-6-4-5-18(13-19)23-15(2)27/h4-13H,3,14H2,1-2H3,(H,23,27)(H,24,28). The Labute approximate surface area is 174 Å². The summed E-state index contributed by atoms with van der Waals surface area (Å²) in [7, 11) is 0. The Balaban J connectivity index is 1.54. The number of anilines is 2. The van der Waals surface area contributed by atoms with Gasteiger partial charge in [0.05, 0.1) is 11.4 Å². The highest BCUT2D eigenvalue weighted by Gasteiger charge is 2.07. The number of rotatable bonds is 7. The molecule has 0 spiro atoms. The first-order valence-corrected chi connectivity index (χ1v) is 10.3. The molecule has 7 heteroatoms. The minimum Gasteiger partial charge on any atom is -0.326 e. The first-order chi connectivity index (χ1) is 14.0. The molecular formula is C22H22N4O2S. The Kier molecular flexibility index (Phi) is 6.97. The van der Waals surface area contributed by atoms with Crippen LogP contribution in [0.25, 0.3) is 11.3 Å². The lowest BCUT2D eigenvalue weighted by atomic mass is 10.1. The SMILES string of the molecule is CCc1ccc(-c2ccc(SCC(=O)Nc3cccc(NC(C)=O)c3)nn2)cc1. The Hall–Kier alpha value is -3.19. The number of aromatic nitrogens is 2. The van der Waals surface area contributed by atoms with Gasteiger partial charge in [0.25, 0.3) is 0 Å². The molecule has 0 fully saturated rings. The van der Waals surface area contributed by atoms with Crippen molar-refractivity contribution in [3.05, 3.63) is 66.2 Å². The van der Waals surface area contributed by atoms with Gasteiger partial charge in [0, 0.05) is 23.9 Å². The quantitative estimate of drug-likeness (QED) is 0.568. The minimum absolute atomic E-state index is 0.156. The van der Waals surface area contributed by atoms with E-state index in [4.69, 9.17) is 0 Å². The fraction of sp³-hybridized carbons (Fsp3) is 0.182. The Morgan fingerprint density at radius 2 is 1.66 bits per heavy atom. The maximum atomic E-state index is 12.2. The molecule has 2 amide bonds. The van der Waals surface area contributed by atoms with Crippen molar-refractivity contribution in [3.63, 3.8) is 0 Å². The lowest BCUT2D eigenvalue weighted by molar-refractivity contribution is -0.114. The molecule has 6 nitrogen and oxygen atoms in total. The van der Waals surface area contributed by atoms with Crippen LogP contribution >= 0.6 is 11.8 Å². The van der Waals surface area contributed by atoms with Gasteiger partial charge in [-0.05, 0) is 42.3 Å². The van der Waals surface area contributed by atoms with Crippen LogP contribution in [0.2, 0.25) is 0 Å². The minimum atomic E-state index is -0.160.